The molecule has 10 nitrogen and oxygen atoms in total. The van der Waals surface area contributed by atoms with Crippen molar-refractivity contribution in [3.05, 3.63) is 72.3 Å². The van der Waals surface area contributed by atoms with Crippen molar-refractivity contribution in [2.75, 3.05) is 55.5 Å². The van der Waals surface area contributed by atoms with Crippen LogP contribution in [0.5, 0.6) is 5.75 Å². The minimum atomic E-state index is -1.01. The Bertz CT molecular complexity index is 1380. The van der Waals surface area contributed by atoms with Gasteiger partial charge in [0.25, 0.3) is 5.91 Å². The topological polar surface area (TPSA) is 120 Å². The first-order chi connectivity index (χ1) is 19.5. The van der Waals surface area contributed by atoms with Gasteiger partial charge < -0.3 is 25.2 Å². The number of nitrogens with one attached hydrogen (secondary N) is 2. The first-order valence-corrected chi connectivity index (χ1v) is 13.4. The van der Waals surface area contributed by atoms with Crippen molar-refractivity contribution >= 4 is 35.0 Å². The molecule has 1 aliphatic rings. The van der Waals surface area contributed by atoms with E-state index in [0.717, 1.165) is 11.1 Å². The average molecular weight is 561 g/mol. The summed E-state index contributed by atoms with van der Waals surface area (Å²) in [5.41, 5.74) is 3.23. The number of methoxy groups -OCH3 is 1. The van der Waals surface area contributed by atoms with E-state index in [-0.39, 0.29) is 18.4 Å². The number of anilines is 3. The second-order valence-electron chi connectivity index (χ2n) is 10.7. The van der Waals surface area contributed by atoms with E-state index < -0.39 is 11.6 Å². The molecule has 3 aromatic rings. The lowest BCUT2D eigenvalue weighted by atomic mass is 10.0. The molecule has 0 saturated carbocycles. The number of carbonyl (C=O) groups is 3. The minimum absolute atomic E-state index is 0.175. The Morgan fingerprint density at radius 3 is 2.10 bits per heavy atom. The van der Waals surface area contributed by atoms with Crippen LogP contribution in [0.3, 0.4) is 0 Å². The maximum absolute atomic E-state index is 13.0. The Morgan fingerprint density at radius 1 is 0.927 bits per heavy atom. The van der Waals surface area contributed by atoms with Crippen LogP contribution in [-0.4, -0.2) is 73.4 Å². The van der Waals surface area contributed by atoms with Gasteiger partial charge in [0.05, 0.1) is 32.6 Å². The van der Waals surface area contributed by atoms with Gasteiger partial charge in [0.2, 0.25) is 5.91 Å². The minimum Gasteiger partial charge on any atom is -0.495 e. The predicted molar refractivity (Wildman–Crippen MR) is 159 cm³/mol. The van der Waals surface area contributed by atoms with Gasteiger partial charge in [-0.2, -0.15) is 0 Å². The summed E-state index contributed by atoms with van der Waals surface area (Å²) in [6.07, 6.45) is -1.01. The number of amides is 3. The third-order valence-electron chi connectivity index (χ3n) is 6.67. The lowest BCUT2D eigenvalue weighted by molar-refractivity contribution is -0.118. The molecule has 1 saturated heterocycles. The van der Waals surface area contributed by atoms with E-state index >= 15 is 0 Å². The highest BCUT2D eigenvalue weighted by atomic mass is 16.5. The lowest BCUT2D eigenvalue weighted by Crippen LogP contribution is -2.45. The molecule has 3 aromatic carbocycles. The Hall–Kier alpha value is -4.41. The summed E-state index contributed by atoms with van der Waals surface area (Å²) in [6, 6.07) is 19.5. The van der Waals surface area contributed by atoms with Crippen LogP contribution in [0.4, 0.5) is 21.9 Å². The highest BCUT2D eigenvalue weighted by Crippen LogP contribution is 2.30. The Kier molecular flexibility index (Phi) is 9.26. The monoisotopic (exact) mass is 560 g/mol. The molecule has 0 atom stereocenters. The quantitative estimate of drug-likeness (QED) is 0.348. The van der Waals surface area contributed by atoms with E-state index in [2.05, 4.69) is 10.6 Å². The van der Waals surface area contributed by atoms with Gasteiger partial charge >= 0.3 is 6.09 Å². The zero-order valence-corrected chi connectivity index (χ0v) is 23.8. The fraction of sp³-hybridized carbons (Fsp3) is 0.323. The van der Waals surface area contributed by atoms with Crippen LogP contribution in [0.25, 0.3) is 11.1 Å². The van der Waals surface area contributed by atoms with Crippen molar-refractivity contribution in [1.82, 2.24) is 4.90 Å². The van der Waals surface area contributed by atoms with Gasteiger partial charge in [-0.1, -0.05) is 24.3 Å². The number of nitrogens with zero attached hydrogens (tertiary/aromatic N) is 2. The number of rotatable bonds is 8. The number of benzene rings is 3. The molecule has 3 amide bonds. The summed E-state index contributed by atoms with van der Waals surface area (Å²) in [4.78, 5) is 40.7. The van der Waals surface area contributed by atoms with Gasteiger partial charge in [0.1, 0.15) is 5.75 Å². The summed E-state index contributed by atoms with van der Waals surface area (Å²) < 4.78 is 10.7. The highest BCUT2D eigenvalue weighted by molar-refractivity contribution is 6.05. The Labute approximate surface area is 239 Å². The number of ether oxygens (including phenoxy) is 2. The van der Waals surface area contributed by atoms with Crippen LogP contribution in [-0.2, 0) is 9.53 Å². The molecule has 4 rings (SSSR count). The summed E-state index contributed by atoms with van der Waals surface area (Å²) in [6.45, 7) is 8.38. The SMILES string of the molecule is COc1ccc(NC(=O)c2ccc(-c3ccc(N(C(=O)O)C(C)(C)C)cc3)cc2)cc1NC(=O)CN1CCOCC1. The molecule has 0 spiro atoms. The van der Waals surface area contributed by atoms with Crippen LogP contribution in [0.2, 0.25) is 0 Å². The zero-order chi connectivity index (χ0) is 29.6. The van der Waals surface area contributed by atoms with E-state index in [0.29, 0.717) is 54.7 Å². The van der Waals surface area contributed by atoms with Gasteiger partial charge in [-0.3, -0.25) is 19.4 Å². The van der Waals surface area contributed by atoms with Crippen LogP contribution in [0.15, 0.2) is 66.7 Å². The Morgan fingerprint density at radius 2 is 1.54 bits per heavy atom. The van der Waals surface area contributed by atoms with Crippen LogP contribution in [0, 0.1) is 0 Å². The van der Waals surface area contributed by atoms with Crippen LogP contribution >= 0.6 is 0 Å². The van der Waals surface area contributed by atoms with Crippen molar-refractivity contribution in [2.45, 2.75) is 26.3 Å². The molecular formula is C31H36N4O6. The van der Waals surface area contributed by atoms with E-state index in [1.807, 2.05) is 49.9 Å². The molecule has 0 aromatic heterocycles. The standard InChI is InChI=1S/C31H36N4O6/c1-31(2,3)35(30(38)39)25-12-9-22(10-13-25)21-5-7-23(8-6-21)29(37)32-24-11-14-27(40-4)26(19-24)33-28(36)20-34-15-17-41-18-16-34/h5-14,19H,15-18,20H2,1-4H3,(H,32,37)(H,33,36)(H,38,39). The number of hydrogen-bond acceptors (Lipinski definition) is 6. The van der Waals surface area contributed by atoms with E-state index in [1.54, 1.807) is 42.5 Å². The smallest absolute Gasteiger partial charge is 0.412 e. The third kappa shape index (κ3) is 7.62. The molecule has 216 valence electrons. The molecule has 0 bridgehead atoms. The number of hydrogen-bond donors (Lipinski definition) is 3. The fourth-order valence-corrected chi connectivity index (χ4v) is 4.64. The summed E-state index contributed by atoms with van der Waals surface area (Å²) in [5.74, 6) is 0.0129. The number of morpholine rings is 1. The maximum atomic E-state index is 13.0. The molecule has 10 heteroatoms. The van der Waals surface area contributed by atoms with Crippen molar-refractivity contribution in [1.29, 1.82) is 0 Å². The molecule has 1 fully saturated rings. The van der Waals surface area contributed by atoms with Gasteiger partial charge in [-0.25, -0.2) is 4.79 Å². The van der Waals surface area contributed by atoms with Crippen molar-refractivity contribution in [3.63, 3.8) is 0 Å². The van der Waals surface area contributed by atoms with Gasteiger partial charge in [0, 0.05) is 35.6 Å². The lowest BCUT2D eigenvalue weighted by Gasteiger charge is -2.33. The summed E-state index contributed by atoms with van der Waals surface area (Å²) in [5, 5.41) is 15.4. The largest absolute Gasteiger partial charge is 0.495 e. The third-order valence-corrected chi connectivity index (χ3v) is 6.67. The van der Waals surface area contributed by atoms with Crippen molar-refractivity contribution < 1.29 is 29.0 Å². The molecule has 0 unspecified atom stereocenters. The molecule has 1 heterocycles. The van der Waals surface area contributed by atoms with Gasteiger partial charge in [0.15, 0.2) is 0 Å². The molecule has 1 aliphatic heterocycles. The summed E-state index contributed by atoms with van der Waals surface area (Å²) in [7, 11) is 1.52. The zero-order valence-electron chi connectivity index (χ0n) is 23.8. The van der Waals surface area contributed by atoms with Gasteiger partial charge in [-0.05, 0) is 74.4 Å². The second kappa shape index (κ2) is 12.8. The molecule has 3 N–H and O–H groups in total. The predicted octanol–water partition coefficient (Wildman–Crippen LogP) is 5.17. The van der Waals surface area contributed by atoms with Crippen molar-refractivity contribution in [2.24, 2.45) is 0 Å². The molecule has 0 aliphatic carbocycles. The molecule has 41 heavy (non-hydrogen) atoms. The highest BCUT2D eigenvalue weighted by Gasteiger charge is 2.27. The Balaban J connectivity index is 1.42. The first kappa shape index (κ1) is 29.6. The van der Waals surface area contributed by atoms with Gasteiger partial charge in [-0.15, -0.1) is 0 Å². The normalized spacial score (nSPS) is 13.8. The summed E-state index contributed by atoms with van der Waals surface area (Å²) >= 11 is 0. The van der Waals surface area contributed by atoms with Crippen molar-refractivity contribution in [3.8, 4) is 16.9 Å². The van der Waals surface area contributed by atoms with E-state index in [4.69, 9.17) is 9.47 Å². The molecular weight excluding hydrogens is 524 g/mol. The fourth-order valence-electron chi connectivity index (χ4n) is 4.64. The van der Waals surface area contributed by atoms with Crippen LogP contribution in [0.1, 0.15) is 31.1 Å². The number of carboxylic acid groups (broad SMARTS) is 1. The van der Waals surface area contributed by atoms with Crippen LogP contribution < -0.4 is 20.3 Å². The number of carbonyl (C=O) groups excluding carboxylic acids is 2. The first-order valence-electron chi connectivity index (χ1n) is 13.4. The second-order valence-corrected chi connectivity index (χ2v) is 10.7. The maximum Gasteiger partial charge on any atom is 0.412 e. The average Bonchev–Trinajstić information content (AvgIpc) is 2.93. The van der Waals surface area contributed by atoms with E-state index in [9.17, 15) is 19.5 Å². The van der Waals surface area contributed by atoms with E-state index in [1.165, 1.54) is 12.0 Å². The molecule has 0 radical (unpaired) electrons.